The van der Waals surface area contributed by atoms with E-state index in [1.807, 2.05) is 0 Å². The van der Waals surface area contributed by atoms with E-state index in [9.17, 15) is 4.79 Å². The zero-order chi connectivity index (χ0) is 10.1. The maximum atomic E-state index is 11.5. The van der Waals surface area contributed by atoms with Gasteiger partial charge in [0.1, 0.15) is 0 Å². The first-order valence-electron chi connectivity index (χ1n) is 4.20. The third-order valence-corrected chi connectivity index (χ3v) is 2.86. The molecule has 1 aliphatic rings. The summed E-state index contributed by atoms with van der Waals surface area (Å²) in [6, 6.07) is 3.28. The van der Waals surface area contributed by atoms with Crippen LogP contribution >= 0.6 is 23.2 Å². The van der Waals surface area contributed by atoms with Crippen molar-refractivity contribution in [1.82, 2.24) is 5.32 Å². The molecule has 2 rings (SSSR count). The van der Waals surface area contributed by atoms with Gasteiger partial charge in [0.25, 0.3) is 5.91 Å². The number of halogens is 2. The molecule has 0 spiro atoms. The van der Waals surface area contributed by atoms with E-state index in [4.69, 9.17) is 23.2 Å². The Morgan fingerprint density at radius 1 is 1.14 bits per heavy atom. The third-order valence-electron chi connectivity index (χ3n) is 2.05. The smallest absolute Gasteiger partial charge is 0.253 e. The molecule has 74 valence electrons. The summed E-state index contributed by atoms with van der Waals surface area (Å²) in [6.45, 7) is 1.24. The molecule has 0 aliphatic carbocycles. The van der Waals surface area contributed by atoms with Crippen LogP contribution in [0.1, 0.15) is 10.4 Å². The first kappa shape index (κ1) is 9.62. The van der Waals surface area contributed by atoms with Crippen molar-refractivity contribution in [2.24, 2.45) is 0 Å². The second-order valence-electron chi connectivity index (χ2n) is 2.97. The third kappa shape index (κ3) is 1.53. The predicted molar refractivity (Wildman–Crippen MR) is 57.3 cm³/mol. The average Bonchev–Trinajstić information content (AvgIpc) is 2.35. The van der Waals surface area contributed by atoms with Gasteiger partial charge in [-0.2, -0.15) is 0 Å². The number of benzene rings is 1. The van der Waals surface area contributed by atoms with Crippen LogP contribution in [0.5, 0.6) is 0 Å². The van der Waals surface area contributed by atoms with Gasteiger partial charge in [0, 0.05) is 13.1 Å². The molecule has 0 atom stereocenters. The minimum Gasteiger partial charge on any atom is -0.381 e. The van der Waals surface area contributed by atoms with E-state index in [1.165, 1.54) is 0 Å². The van der Waals surface area contributed by atoms with Crippen molar-refractivity contribution < 1.29 is 4.79 Å². The van der Waals surface area contributed by atoms with Crippen molar-refractivity contribution >= 4 is 34.8 Å². The van der Waals surface area contributed by atoms with Gasteiger partial charge in [-0.3, -0.25) is 4.79 Å². The van der Waals surface area contributed by atoms with Crippen molar-refractivity contribution in [2.45, 2.75) is 0 Å². The van der Waals surface area contributed by atoms with Gasteiger partial charge in [0.05, 0.1) is 21.3 Å². The number of carbonyl (C=O) groups is 1. The number of nitrogens with one attached hydrogen (secondary N) is 2. The lowest BCUT2D eigenvalue weighted by Crippen LogP contribution is -2.24. The summed E-state index contributed by atoms with van der Waals surface area (Å²) < 4.78 is 0. The molecule has 0 saturated carbocycles. The Kier molecular flexibility index (Phi) is 2.52. The van der Waals surface area contributed by atoms with E-state index in [0.29, 0.717) is 34.4 Å². The molecule has 0 unspecified atom stereocenters. The van der Waals surface area contributed by atoms with E-state index in [-0.39, 0.29) is 5.91 Å². The average molecular weight is 231 g/mol. The minimum absolute atomic E-state index is 0.122. The first-order valence-corrected chi connectivity index (χ1v) is 4.96. The fraction of sp³-hybridized carbons (Fsp3) is 0.222. The second-order valence-corrected chi connectivity index (χ2v) is 3.75. The maximum absolute atomic E-state index is 11.5. The monoisotopic (exact) mass is 230 g/mol. The number of hydrogen-bond acceptors (Lipinski definition) is 2. The molecule has 1 aliphatic heterocycles. The van der Waals surface area contributed by atoms with Crippen LogP contribution in [0.2, 0.25) is 10.0 Å². The van der Waals surface area contributed by atoms with E-state index < -0.39 is 0 Å². The summed E-state index contributed by atoms with van der Waals surface area (Å²) in [5.41, 5.74) is 1.16. The number of amides is 1. The highest BCUT2D eigenvalue weighted by Gasteiger charge is 2.18. The Morgan fingerprint density at radius 3 is 2.64 bits per heavy atom. The van der Waals surface area contributed by atoms with Crippen LogP contribution in [0, 0.1) is 0 Å². The largest absolute Gasteiger partial charge is 0.381 e. The van der Waals surface area contributed by atoms with Gasteiger partial charge in [-0.05, 0) is 12.1 Å². The molecule has 0 radical (unpaired) electrons. The van der Waals surface area contributed by atoms with Crippen LogP contribution < -0.4 is 10.6 Å². The topological polar surface area (TPSA) is 41.1 Å². The number of rotatable bonds is 0. The van der Waals surface area contributed by atoms with Gasteiger partial charge < -0.3 is 10.6 Å². The quantitative estimate of drug-likeness (QED) is 0.718. The highest BCUT2D eigenvalue weighted by atomic mass is 35.5. The summed E-state index contributed by atoms with van der Waals surface area (Å²) in [5.74, 6) is -0.122. The highest BCUT2D eigenvalue weighted by Crippen LogP contribution is 2.33. The molecule has 0 fully saturated rings. The minimum atomic E-state index is -0.122. The molecule has 0 saturated heterocycles. The molecule has 1 aromatic carbocycles. The number of anilines is 1. The standard InChI is InChI=1S/C9H8Cl2N2O/c10-6-2-1-5-8(7(6)11)12-3-4-13-9(5)14/h1-2,12H,3-4H2,(H,13,14). The van der Waals surface area contributed by atoms with E-state index in [1.54, 1.807) is 12.1 Å². The normalized spacial score (nSPS) is 15.1. The fourth-order valence-electron chi connectivity index (χ4n) is 1.37. The van der Waals surface area contributed by atoms with Crippen molar-refractivity contribution in [2.75, 3.05) is 18.4 Å². The lowest BCUT2D eigenvalue weighted by molar-refractivity contribution is 0.0958. The molecular weight excluding hydrogens is 223 g/mol. The second kappa shape index (κ2) is 3.67. The van der Waals surface area contributed by atoms with Gasteiger partial charge in [0.2, 0.25) is 0 Å². The van der Waals surface area contributed by atoms with Gasteiger partial charge in [-0.15, -0.1) is 0 Å². The Bertz CT molecular complexity index is 393. The fourth-order valence-corrected chi connectivity index (χ4v) is 1.76. The van der Waals surface area contributed by atoms with Gasteiger partial charge >= 0.3 is 0 Å². The lowest BCUT2D eigenvalue weighted by atomic mass is 10.1. The molecule has 14 heavy (non-hydrogen) atoms. The number of carbonyl (C=O) groups excluding carboxylic acids is 1. The summed E-state index contributed by atoms with van der Waals surface area (Å²) in [4.78, 5) is 11.5. The van der Waals surface area contributed by atoms with Crippen LogP contribution in [-0.4, -0.2) is 19.0 Å². The Balaban J connectivity index is 2.58. The molecule has 1 amide bonds. The number of hydrogen-bond donors (Lipinski definition) is 2. The van der Waals surface area contributed by atoms with Crippen molar-refractivity contribution in [3.8, 4) is 0 Å². The molecule has 0 aromatic heterocycles. The Hall–Kier alpha value is -0.930. The molecular formula is C9H8Cl2N2O. The van der Waals surface area contributed by atoms with Crippen LogP contribution in [0.3, 0.4) is 0 Å². The van der Waals surface area contributed by atoms with Crippen LogP contribution in [0.4, 0.5) is 5.69 Å². The van der Waals surface area contributed by atoms with Gasteiger partial charge in [-0.25, -0.2) is 0 Å². The summed E-state index contributed by atoms with van der Waals surface area (Å²) in [7, 11) is 0. The summed E-state index contributed by atoms with van der Waals surface area (Å²) in [6.07, 6.45) is 0. The predicted octanol–water partition coefficient (Wildman–Crippen LogP) is 2.15. The van der Waals surface area contributed by atoms with Crippen molar-refractivity contribution in [3.63, 3.8) is 0 Å². The molecule has 2 N–H and O–H groups in total. The van der Waals surface area contributed by atoms with E-state index in [0.717, 1.165) is 0 Å². The van der Waals surface area contributed by atoms with Gasteiger partial charge in [0.15, 0.2) is 0 Å². The molecule has 0 bridgehead atoms. The Labute approximate surface area is 91.4 Å². The Morgan fingerprint density at radius 2 is 1.86 bits per heavy atom. The van der Waals surface area contributed by atoms with Crippen LogP contribution in [-0.2, 0) is 0 Å². The molecule has 5 heteroatoms. The SMILES string of the molecule is O=C1NCCNc2c1ccc(Cl)c2Cl. The number of fused-ring (bicyclic) bond motifs is 1. The molecule has 1 aromatic rings. The highest BCUT2D eigenvalue weighted by molar-refractivity contribution is 6.44. The summed E-state index contributed by atoms with van der Waals surface area (Å²) >= 11 is 11.8. The zero-order valence-corrected chi connectivity index (χ0v) is 8.74. The summed E-state index contributed by atoms with van der Waals surface area (Å²) in [5, 5.41) is 6.66. The molecule has 1 heterocycles. The zero-order valence-electron chi connectivity index (χ0n) is 7.23. The van der Waals surface area contributed by atoms with E-state index in [2.05, 4.69) is 10.6 Å². The maximum Gasteiger partial charge on any atom is 0.253 e. The van der Waals surface area contributed by atoms with Crippen molar-refractivity contribution in [1.29, 1.82) is 0 Å². The lowest BCUT2D eigenvalue weighted by Gasteiger charge is -2.08. The first-order chi connectivity index (χ1) is 6.70. The van der Waals surface area contributed by atoms with Crippen LogP contribution in [0.25, 0.3) is 0 Å². The van der Waals surface area contributed by atoms with E-state index >= 15 is 0 Å². The van der Waals surface area contributed by atoms with Gasteiger partial charge in [-0.1, -0.05) is 23.2 Å². The van der Waals surface area contributed by atoms with Crippen molar-refractivity contribution in [3.05, 3.63) is 27.7 Å². The van der Waals surface area contributed by atoms with Crippen LogP contribution in [0.15, 0.2) is 12.1 Å². The molecule has 3 nitrogen and oxygen atoms in total.